The van der Waals surface area contributed by atoms with Crippen LogP contribution in [0.4, 0.5) is 5.82 Å². The lowest BCUT2D eigenvalue weighted by atomic mass is 10.1. The number of benzene rings is 1. The molecule has 1 fully saturated rings. The Hall–Kier alpha value is -3.52. The van der Waals surface area contributed by atoms with E-state index in [-0.39, 0.29) is 11.7 Å². The molecule has 1 amide bonds. The molecule has 2 aromatic heterocycles. The van der Waals surface area contributed by atoms with Crippen molar-refractivity contribution in [1.82, 2.24) is 19.8 Å². The summed E-state index contributed by atoms with van der Waals surface area (Å²) in [5.74, 6) is 0.714. The second-order valence-corrected chi connectivity index (χ2v) is 8.62. The van der Waals surface area contributed by atoms with Crippen molar-refractivity contribution in [2.75, 3.05) is 37.0 Å². The third-order valence-electron chi connectivity index (χ3n) is 6.15. The van der Waals surface area contributed by atoms with E-state index in [1.807, 2.05) is 57.3 Å². The van der Waals surface area contributed by atoms with Crippen molar-refractivity contribution in [3.8, 4) is 0 Å². The van der Waals surface area contributed by atoms with Crippen LogP contribution in [0.3, 0.4) is 0 Å². The molecule has 8 heteroatoms. The number of aryl methyl sites for hydroxylation is 1. The maximum Gasteiger partial charge on any atom is 0.270 e. The van der Waals surface area contributed by atoms with Gasteiger partial charge in [-0.2, -0.15) is 5.10 Å². The molecule has 0 radical (unpaired) electrons. The van der Waals surface area contributed by atoms with E-state index >= 15 is 0 Å². The summed E-state index contributed by atoms with van der Waals surface area (Å²) in [7, 11) is 1.97. The Morgan fingerprint density at radius 2 is 1.94 bits per heavy atom. The number of carbonyl (C=O) groups is 2. The van der Waals surface area contributed by atoms with E-state index in [1.165, 1.54) is 0 Å². The molecular formula is C25H30N6O2. The number of aromatic nitrogens is 3. The third kappa shape index (κ3) is 5.12. The van der Waals surface area contributed by atoms with Crippen LogP contribution in [0.2, 0.25) is 0 Å². The Balaban J connectivity index is 1.40. The maximum atomic E-state index is 13.1. The van der Waals surface area contributed by atoms with Crippen LogP contribution in [0.15, 0.2) is 54.7 Å². The van der Waals surface area contributed by atoms with Crippen LogP contribution >= 0.6 is 0 Å². The minimum atomic E-state index is -0.209. The molecule has 4 rings (SSSR count). The number of Topliss-reactive ketones (excluding diaryl/α,β-unsaturated/α-hetero) is 1. The normalized spacial score (nSPS) is 15.8. The first-order valence-electron chi connectivity index (χ1n) is 11.3. The van der Waals surface area contributed by atoms with Gasteiger partial charge in [0.05, 0.1) is 6.54 Å². The molecule has 1 aliphatic heterocycles. The molecule has 3 aromatic rings. The van der Waals surface area contributed by atoms with Crippen LogP contribution in [0, 0.1) is 13.8 Å². The van der Waals surface area contributed by atoms with Gasteiger partial charge in [0, 0.05) is 47.8 Å². The predicted molar refractivity (Wildman–Crippen MR) is 128 cm³/mol. The standard InChI is InChI=1S/C25H30N6O2/c1-18-15-22(19(2)31(18)28-25(33)20-9-5-4-6-10-20)23(32)17-29(3)16-21-11-8-14-30(21)24-12-7-13-26-27-24/h4-7,9-10,12-13,15,21H,8,11,14,16-17H2,1-3H3,(H,28,33). The predicted octanol–water partition coefficient (Wildman–Crippen LogP) is 3.06. The van der Waals surface area contributed by atoms with Gasteiger partial charge in [0.1, 0.15) is 0 Å². The van der Waals surface area contributed by atoms with E-state index in [4.69, 9.17) is 0 Å². The lowest BCUT2D eigenvalue weighted by molar-refractivity contribution is 0.0940. The summed E-state index contributed by atoms with van der Waals surface area (Å²) < 4.78 is 1.69. The molecule has 1 aliphatic rings. The molecule has 8 nitrogen and oxygen atoms in total. The Morgan fingerprint density at radius 1 is 1.15 bits per heavy atom. The van der Waals surface area contributed by atoms with Gasteiger partial charge in [-0.05, 0) is 64.1 Å². The molecule has 33 heavy (non-hydrogen) atoms. The second-order valence-electron chi connectivity index (χ2n) is 8.62. The number of ketones is 1. The summed E-state index contributed by atoms with van der Waals surface area (Å²) in [6.45, 7) is 5.77. The van der Waals surface area contributed by atoms with Gasteiger partial charge in [-0.15, -0.1) is 5.10 Å². The van der Waals surface area contributed by atoms with Crippen molar-refractivity contribution in [2.45, 2.75) is 32.7 Å². The Bertz CT molecular complexity index is 1110. The van der Waals surface area contributed by atoms with E-state index in [0.29, 0.717) is 23.7 Å². The molecule has 1 unspecified atom stereocenters. The molecule has 0 aliphatic carbocycles. The van der Waals surface area contributed by atoms with E-state index < -0.39 is 0 Å². The van der Waals surface area contributed by atoms with E-state index in [2.05, 4.69) is 25.4 Å². The van der Waals surface area contributed by atoms with Crippen molar-refractivity contribution >= 4 is 17.5 Å². The zero-order chi connectivity index (χ0) is 23.4. The Kier molecular flexibility index (Phi) is 6.84. The highest BCUT2D eigenvalue weighted by Gasteiger charge is 2.28. The number of hydrogen-bond donors (Lipinski definition) is 1. The summed E-state index contributed by atoms with van der Waals surface area (Å²) in [6, 6.07) is 15.1. The van der Waals surface area contributed by atoms with Crippen LogP contribution in [0.5, 0.6) is 0 Å². The van der Waals surface area contributed by atoms with Gasteiger partial charge in [0.2, 0.25) is 0 Å². The van der Waals surface area contributed by atoms with E-state index in [1.54, 1.807) is 23.0 Å². The zero-order valence-electron chi connectivity index (χ0n) is 19.4. The first kappa shape index (κ1) is 22.7. The molecule has 0 saturated carbocycles. The van der Waals surface area contributed by atoms with Crippen LogP contribution in [-0.2, 0) is 0 Å². The summed E-state index contributed by atoms with van der Waals surface area (Å²) in [4.78, 5) is 30.0. The van der Waals surface area contributed by atoms with Crippen molar-refractivity contribution < 1.29 is 9.59 Å². The largest absolute Gasteiger partial charge is 0.351 e. The average molecular weight is 447 g/mol. The number of carbonyl (C=O) groups excluding carboxylic acids is 2. The highest BCUT2D eigenvalue weighted by Crippen LogP contribution is 2.24. The lowest BCUT2D eigenvalue weighted by Gasteiger charge is -2.28. The summed E-state index contributed by atoms with van der Waals surface area (Å²) in [5, 5.41) is 8.25. The fourth-order valence-corrected chi connectivity index (χ4v) is 4.50. The Labute approximate surface area is 194 Å². The second kappa shape index (κ2) is 9.95. The number of anilines is 1. The molecule has 0 spiro atoms. The van der Waals surface area contributed by atoms with Gasteiger partial charge in [0.15, 0.2) is 11.6 Å². The van der Waals surface area contributed by atoms with Crippen LogP contribution in [0.25, 0.3) is 0 Å². The average Bonchev–Trinajstić information content (AvgIpc) is 3.39. The first-order valence-corrected chi connectivity index (χ1v) is 11.3. The van der Waals surface area contributed by atoms with Crippen molar-refractivity contribution in [2.24, 2.45) is 0 Å². The fraction of sp³-hybridized carbons (Fsp3) is 0.360. The molecular weight excluding hydrogens is 416 g/mol. The Morgan fingerprint density at radius 3 is 2.67 bits per heavy atom. The van der Waals surface area contributed by atoms with E-state index in [0.717, 1.165) is 43.1 Å². The first-order chi connectivity index (χ1) is 15.9. The molecule has 1 N–H and O–H groups in total. The summed E-state index contributed by atoms with van der Waals surface area (Å²) in [5.41, 5.74) is 5.65. The topological polar surface area (TPSA) is 83.4 Å². The van der Waals surface area contributed by atoms with Crippen molar-refractivity contribution in [3.05, 3.63) is 77.2 Å². The third-order valence-corrected chi connectivity index (χ3v) is 6.15. The minimum Gasteiger partial charge on any atom is -0.351 e. The number of hydrogen-bond acceptors (Lipinski definition) is 6. The number of likely N-dealkylation sites (N-methyl/N-ethyl adjacent to an activating group) is 1. The van der Waals surface area contributed by atoms with Gasteiger partial charge < -0.3 is 4.90 Å². The molecule has 1 atom stereocenters. The molecule has 1 saturated heterocycles. The zero-order valence-corrected chi connectivity index (χ0v) is 19.4. The molecule has 3 heterocycles. The number of rotatable bonds is 8. The quantitative estimate of drug-likeness (QED) is 0.536. The number of amides is 1. The van der Waals surface area contributed by atoms with Crippen LogP contribution < -0.4 is 10.3 Å². The highest BCUT2D eigenvalue weighted by molar-refractivity contribution is 6.01. The van der Waals surface area contributed by atoms with Crippen molar-refractivity contribution in [3.63, 3.8) is 0 Å². The maximum absolute atomic E-state index is 13.1. The van der Waals surface area contributed by atoms with Gasteiger partial charge in [0.25, 0.3) is 5.91 Å². The van der Waals surface area contributed by atoms with Gasteiger partial charge in [-0.3, -0.25) is 24.6 Å². The van der Waals surface area contributed by atoms with E-state index in [9.17, 15) is 9.59 Å². The fourth-order valence-electron chi connectivity index (χ4n) is 4.50. The van der Waals surface area contributed by atoms with Crippen molar-refractivity contribution in [1.29, 1.82) is 0 Å². The van der Waals surface area contributed by atoms with Crippen LogP contribution in [-0.4, -0.2) is 64.2 Å². The number of nitrogens with zero attached hydrogens (tertiary/aromatic N) is 5. The highest BCUT2D eigenvalue weighted by atomic mass is 16.2. The minimum absolute atomic E-state index is 0.0369. The summed E-state index contributed by atoms with van der Waals surface area (Å²) >= 11 is 0. The smallest absolute Gasteiger partial charge is 0.270 e. The lowest BCUT2D eigenvalue weighted by Crippen LogP contribution is -2.41. The molecule has 172 valence electrons. The number of nitrogens with one attached hydrogen (secondary N) is 1. The molecule has 0 bridgehead atoms. The monoisotopic (exact) mass is 446 g/mol. The van der Waals surface area contributed by atoms with Gasteiger partial charge >= 0.3 is 0 Å². The molecule has 1 aromatic carbocycles. The van der Waals surface area contributed by atoms with Gasteiger partial charge in [-0.25, -0.2) is 0 Å². The van der Waals surface area contributed by atoms with Gasteiger partial charge in [-0.1, -0.05) is 18.2 Å². The summed E-state index contributed by atoms with van der Waals surface area (Å²) in [6.07, 6.45) is 3.85. The van der Waals surface area contributed by atoms with Crippen LogP contribution in [0.1, 0.15) is 44.9 Å². The SMILES string of the molecule is Cc1cc(C(=O)CN(C)CC2CCCN2c2cccnn2)c(C)n1NC(=O)c1ccccc1.